The summed E-state index contributed by atoms with van der Waals surface area (Å²) in [6, 6.07) is 9.63. The summed E-state index contributed by atoms with van der Waals surface area (Å²) < 4.78 is 10.1. The van der Waals surface area contributed by atoms with Gasteiger partial charge in [0.25, 0.3) is 0 Å². The fourth-order valence-electron chi connectivity index (χ4n) is 2.23. The molecule has 1 aromatic carbocycles. The van der Waals surface area contributed by atoms with Gasteiger partial charge in [-0.3, -0.25) is 5.32 Å². The van der Waals surface area contributed by atoms with Gasteiger partial charge < -0.3 is 14.5 Å². The van der Waals surface area contributed by atoms with Crippen molar-refractivity contribution in [3.63, 3.8) is 0 Å². The number of rotatable bonds is 4. The van der Waals surface area contributed by atoms with E-state index in [0.29, 0.717) is 5.69 Å². The van der Waals surface area contributed by atoms with Crippen LogP contribution in [0.5, 0.6) is 0 Å². The highest BCUT2D eigenvalue weighted by molar-refractivity contribution is 5.84. The molecule has 21 heavy (non-hydrogen) atoms. The average molecular weight is 288 g/mol. The summed E-state index contributed by atoms with van der Waals surface area (Å²) in [6.45, 7) is 5.98. The van der Waals surface area contributed by atoms with Crippen LogP contribution >= 0.6 is 0 Å². The zero-order valence-corrected chi connectivity index (χ0v) is 12.7. The number of carbonyl (C=O) groups is 1. The molecule has 0 radical (unpaired) electrons. The minimum Gasteiger partial charge on any atom is -0.466 e. The maximum Gasteiger partial charge on any atom is 0.411 e. The van der Waals surface area contributed by atoms with Crippen molar-refractivity contribution in [3.8, 4) is 0 Å². The van der Waals surface area contributed by atoms with Gasteiger partial charge >= 0.3 is 6.09 Å². The molecule has 2 rings (SSSR count). The fraction of sp³-hybridized carbons (Fsp3) is 0.312. The molecule has 1 amide bonds. The van der Waals surface area contributed by atoms with Gasteiger partial charge in [-0.2, -0.15) is 0 Å². The zero-order valence-electron chi connectivity index (χ0n) is 12.7. The summed E-state index contributed by atoms with van der Waals surface area (Å²) in [5, 5.41) is 6.02. The SMILES string of the molecule is COC(=O)Nc1ccc(NC(C)c2cc(C)oc2C)cc1. The van der Waals surface area contributed by atoms with Gasteiger partial charge in [-0.1, -0.05) is 0 Å². The molecule has 0 aliphatic carbocycles. The number of ether oxygens (including phenoxy) is 1. The van der Waals surface area contributed by atoms with Crippen LogP contribution in [0.1, 0.15) is 30.0 Å². The zero-order chi connectivity index (χ0) is 15.4. The fourth-order valence-corrected chi connectivity index (χ4v) is 2.23. The minimum atomic E-state index is -0.478. The Morgan fingerprint density at radius 2 is 1.81 bits per heavy atom. The van der Waals surface area contributed by atoms with E-state index >= 15 is 0 Å². The Morgan fingerprint density at radius 1 is 1.19 bits per heavy atom. The van der Waals surface area contributed by atoms with Gasteiger partial charge in [0.1, 0.15) is 11.5 Å². The molecule has 112 valence electrons. The van der Waals surface area contributed by atoms with Gasteiger partial charge in [0.15, 0.2) is 0 Å². The maximum absolute atomic E-state index is 11.1. The molecule has 2 aromatic rings. The molecule has 0 fully saturated rings. The molecular weight excluding hydrogens is 268 g/mol. The molecule has 0 spiro atoms. The highest BCUT2D eigenvalue weighted by Crippen LogP contribution is 2.25. The van der Waals surface area contributed by atoms with E-state index in [1.54, 1.807) is 0 Å². The van der Waals surface area contributed by atoms with Gasteiger partial charge in [0.2, 0.25) is 0 Å². The summed E-state index contributed by atoms with van der Waals surface area (Å²) in [7, 11) is 1.34. The normalized spacial score (nSPS) is 11.8. The van der Waals surface area contributed by atoms with Crippen LogP contribution in [0.2, 0.25) is 0 Å². The van der Waals surface area contributed by atoms with Gasteiger partial charge in [-0.15, -0.1) is 0 Å². The molecule has 0 aliphatic rings. The number of methoxy groups -OCH3 is 1. The molecular formula is C16H20N2O3. The molecule has 5 nitrogen and oxygen atoms in total. The lowest BCUT2D eigenvalue weighted by molar-refractivity contribution is 0.187. The molecule has 0 saturated heterocycles. The van der Waals surface area contributed by atoms with E-state index in [-0.39, 0.29) is 6.04 Å². The Morgan fingerprint density at radius 3 is 2.33 bits per heavy atom. The van der Waals surface area contributed by atoms with E-state index in [2.05, 4.69) is 22.3 Å². The Bertz CT molecular complexity index is 617. The third-order valence-electron chi connectivity index (χ3n) is 3.25. The predicted octanol–water partition coefficient (Wildman–Crippen LogP) is 4.25. The molecule has 5 heteroatoms. The number of benzene rings is 1. The number of amides is 1. The third-order valence-corrected chi connectivity index (χ3v) is 3.25. The Labute approximate surface area is 124 Å². The number of hydrogen-bond donors (Lipinski definition) is 2. The van der Waals surface area contributed by atoms with E-state index in [1.807, 2.05) is 44.2 Å². The molecule has 2 N–H and O–H groups in total. The van der Waals surface area contributed by atoms with Crippen molar-refractivity contribution in [3.05, 3.63) is 47.4 Å². The first-order chi connectivity index (χ1) is 9.99. The molecule has 0 aliphatic heterocycles. The second-order valence-corrected chi connectivity index (χ2v) is 4.93. The number of hydrogen-bond acceptors (Lipinski definition) is 4. The van der Waals surface area contributed by atoms with Gasteiger partial charge in [-0.25, -0.2) is 4.79 Å². The van der Waals surface area contributed by atoms with Gasteiger partial charge in [0.05, 0.1) is 13.2 Å². The van der Waals surface area contributed by atoms with E-state index in [0.717, 1.165) is 22.8 Å². The van der Waals surface area contributed by atoms with E-state index in [4.69, 9.17) is 4.42 Å². The summed E-state index contributed by atoms with van der Waals surface area (Å²) >= 11 is 0. The van der Waals surface area contributed by atoms with E-state index in [1.165, 1.54) is 7.11 Å². The lowest BCUT2D eigenvalue weighted by atomic mass is 10.1. The second-order valence-electron chi connectivity index (χ2n) is 4.93. The van der Waals surface area contributed by atoms with Crippen LogP contribution in [-0.4, -0.2) is 13.2 Å². The lowest BCUT2D eigenvalue weighted by Gasteiger charge is -2.15. The van der Waals surface area contributed by atoms with Crippen LogP contribution in [0.3, 0.4) is 0 Å². The highest BCUT2D eigenvalue weighted by Gasteiger charge is 2.12. The summed E-state index contributed by atoms with van der Waals surface area (Å²) in [5.74, 6) is 1.84. The minimum absolute atomic E-state index is 0.141. The van der Waals surface area contributed by atoms with E-state index < -0.39 is 6.09 Å². The van der Waals surface area contributed by atoms with Crippen molar-refractivity contribution in [2.75, 3.05) is 17.7 Å². The maximum atomic E-state index is 11.1. The molecule has 1 atom stereocenters. The first-order valence-corrected chi connectivity index (χ1v) is 6.78. The van der Waals surface area contributed by atoms with Gasteiger partial charge in [0, 0.05) is 16.9 Å². The van der Waals surface area contributed by atoms with Crippen molar-refractivity contribution < 1.29 is 13.9 Å². The average Bonchev–Trinajstić information content (AvgIpc) is 2.80. The lowest BCUT2D eigenvalue weighted by Crippen LogP contribution is -2.11. The van der Waals surface area contributed by atoms with Crippen molar-refractivity contribution in [1.29, 1.82) is 0 Å². The molecule has 0 bridgehead atoms. The Balaban J connectivity index is 2.03. The van der Waals surface area contributed by atoms with Crippen LogP contribution in [-0.2, 0) is 4.74 Å². The standard InChI is InChI=1S/C16H20N2O3/c1-10-9-15(12(3)21-10)11(2)17-13-5-7-14(8-6-13)18-16(19)20-4/h5-9,11,17H,1-4H3,(H,18,19). The van der Waals surface area contributed by atoms with Crippen molar-refractivity contribution >= 4 is 17.5 Å². The topological polar surface area (TPSA) is 63.5 Å². The predicted molar refractivity (Wildman–Crippen MR) is 82.7 cm³/mol. The highest BCUT2D eigenvalue weighted by atomic mass is 16.5. The molecule has 1 heterocycles. The molecule has 1 aromatic heterocycles. The summed E-state index contributed by atoms with van der Waals surface area (Å²) in [5.41, 5.74) is 2.80. The van der Waals surface area contributed by atoms with Crippen LogP contribution in [0.15, 0.2) is 34.7 Å². The van der Waals surface area contributed by atoms with Crippen LogP contribution in [0.4, 0.5) is 16.2 Å². The smallest absolute Gasteiger partial charge is 0.411 e. The van der Waals surface area contributed by atoms with Crippen molar-refractivity contribution in [2.45, 2.75) is 26.8 Å². The van der Waals surface area contributed by atoms with Crippen LogP contribution < -0.4 is 10.6 Å². The quantitative estimate of drug-likeness (QED) is 0.883. The van der Waals surface area contributed by atoms with Crippen molar-refractivity contribution in [1.82, 2.24) is 0 Å². The molecule has 1 unspecified atom stereocenters. The van der Waals surface area contributed by atoms with Crippen molar-refractivity contribution in [2.24, 2.45) is 0 Å². The number of furan rings is 1. The second kappa shape index (κ2) is 6.35. The third kappa shape index (κ3) is 3.78. The number of aryl methyl sites for hydroxylation is 2. The Hall–Kier alpha value is -2.43. The Kier molecular flexibility index (Phi) is 4.52. The summed E-state index contributed by atoms with van der Waals surface area (Å²) in [6.07, 6.45) is -0.478. The number of anilines is 2. The number of carbonyl (C=O) groups excluding carboxylic acids is 1. The summed E-state index contributed by atoms with van der Waals surface area (Å²) in [4.78, 5) is 11.1. The van der Waals surface area contributed by atoms with Crippen LogP contribution in [0.25, 0.3) is 0 Å². The first kappa shape index (κ1) is 15.0. The first-order valence-electron chi connectivity index (χ1n) is 6.78. The molecule has 0 saturated carbocycles. The van der Waals surface area contributed by atoms with Crippen LogP contribution in [0, 0.1) is 13.8 Å². The largest absolute Gasteiger partial charge is 0.466 e. The monoisotopic (exact) mass is 288 g/mol. The number of nitrogens with one attached hydrogen (secondary N) is 2. The van der Waals surface area contributed by atoms with Gasteiger partial charge in [-0.05, 0) is 51.1 Å². The van der Waals surface area contributed by atoms with E-state index in [9.17, 15) is 4.79 Å².